The van der Waals surface area contributed by atoms with Crippen LogP contribution in [0.4, 0.5) is 0 Å². The number of ketones is 1. The summed E-state index contributed by atoms with van der Waals surface area (Å²) in [5.74, 6) is 0.879. The predicted molar refractivity (Wildman–Crippen MR) is 114 cm³/mol. The maximum Gasteiger partial charge on any atom is 0.312 e. The molecular weight excluding hydrogens is 384 g/mol. The van der Waals surface area contributed by atoms with Crippen molar-refractivity contribution in [3.8, 4) is 28.4 Å². The van der Waals surface area contributed by atoms with Crippen LogP contribution in [0.5, 0.6) is 17.2 Å². The zero-order valence-electron chi connectivity index (χ0n) is 17.9. The van der Waals surface area contributed by atoms with E-state index >= 15 is 0 Å². The molecule has 0 saturated heterocycles. The van der Waals surface area contributed by atoms with Gasteiger partial charge in [-0.15, -0.1) is 0 Å². The third-order valence-corrected chi connectivity index (χ3v) is 5.20. The molecule has 0 N–H and O–H groups in total. The summed E-state index contributed by atoms with van der Waals surface area (Å²) in [6.07, 6.45) is 1.97. The molecule has 0 bridgehead atoms. The van der Waals surface area contributed by atoms with Gasteiger partial charge in [0.1, 0.15) is 6.61 Å². The number of hydrogen-bond acceptors (Lipinski definition) is 6. The normalized spacial score (nSPS) is 13.5. The number of carbonyl (C=O) groups is 2. The van der Waals surface area contributed by atoms with Gasteiger partial charge in [0.2, 0.25) is 5.75 Å². The number of Topliss-reactive ketones (excluding diaryl/α,β-unsaturated/α-hetero) is 1. The number of methoxy groups -OCH3 is 2. The molecule has 2 aromatic rings. The fourth-order valence-electron chi connectivity index (χ4n) is 3.62. The topological polar surface area (TPSA) is 71.1 Å². The second-order valence-electron chi connectivity index (χ2n) is 7.31. The maximum atomic E-state index is 12.2. The lowest BCUT2D eigenvalue weighted by Gasteiger charge is -2.20. The molecular formula is C24H28O6. The average molecular weight is 412 g/mol. The molecule has 160 valence electrons. The van der Waals surface area contributed by atoms with Crippen molar-refractivity contribution >= 4 is 11.8 Å². The molecule has 2 aromatic carbocycles. The standard InChI is InChI=1S/C24H28O6/c1-5-13-29-24(26)15(2)14-30-22-19(10-12-21(27-3)23(22)28-4)16-7-6-8-18-17(16)9-11-20(18)25/h6-8,10,12,15H,5,9,11,13-14H2,1-4H3/t15-/m1/s1. The molecule has 0 aliphatic heterocycles. The molecule has 0 heterocycles. The summed E-state index contributed by atoms with van der Waals surface area (Å²) in [7, 11) is 3.11. The van der Waals surface area contributed by atoms with Crippen molar-refractivity contribution in [2.75, 3.05) is 27.4 Å². The number of rotatable bonds is 9. The van der Waals surface area contributed by atoms with Gasteiger partial charge < -0.3 is 18.9 Å². The van der Waals surface area contributed by atoms with Gasteiger partial charge in [-0.1, -0.05) is 25.1 Å². The van der Waals surface area contributed by atoms with E-state index in [9.17, 15) is 9.59 Å². The van der Waals surface area contributed by atoms with E-state index in [1.807, 2.05) is 37.3 Å². The van der Waals surface area contributed by atoms with Crippen molar-refractivity contribution in [2.45, 2.75) is 33.1 Å². The number of esters is 1. The number of ether oxygens (including phenoxy) is 4. The van der Waals surface area contributed by atoms with Gasteiger partial charge in [-0.25, -0.2) is 0 Å². The quantitative estimate of drug-likeness (QED) is 0.566. The van der Waals surface area contributed by atoms with Crippen molar-refractivity contribution in [2.24, 2.45) is 5.92 Å². The van der Waals surface area contributed by atoms with Crippen molar-refractivity contribution in [1.82, 2.24) is 0 Å². The van der Waals surface area contributed by atoms with E-state index in [4.69, 9.17) is 18.9 Å². The molecule has 0 amide bonds. The van der Waals surface area contributed by atoms with Gasteiger partial charge in [0, 0.05) is 17.5 Å². The molecule has 0 fully saturated rings. The van der Waals surface area contributed by atoms with Crippen LogP contribution < -0.4 is 14.2 Å². The van der Waals surface area contributed by atoms with E-state index in [2.05, 4.69) is 0 Å². The van der Waals surface area contributed by atoms with E-state index in [0.29, 0.717) is 36.7 Å². The first-order valence-corrected chi connectivity index (χ1v) is 10.2. The van der Waals surface area contributed by atoms with Gasteiger partial charge in [-0.3, -0.25) is 9.59 Å². The molecule has 0 spiro atoms. The molecule has 1 atom stereocenters. The van der Waals surface area contributed by atoms with Crippen molar-refractivity contribution < 1.29 is 28.5 Å². The second kappa shape index (κ2) is 9.65. The van der Waals surface area contributed by atoms with Crippen LogP contribution in [0, 0.1) is 5.92 Å². The van der Waals surface area contributed by atoms with Crippen LogP contribution in [0.15, 0.2) is 30.3 Å². The Labute approximate surface area is 177 Å². The van der Waals surface area contributed by atoms with Gasteiger partial charge in [-0.2, -0.15) is 0 Å². The summed E-state index contributed by atoms with van der Waals surface area (Å²) < 4.78 is 22.4. The third-order valence-electron chi connectivity index (χ3n) is 5.20. The van der Waals surface area contributed by atoms with Crippen LogP contribution in [-0.2, 0) is 16.0 Å². The van der Waals surface area contributed by atoms with Gasteiger partial charge >= 0.3 is 5.97 Å². The van der Waals surface area contributed by atoms with Crippen LogP contribution in [0.3, 0.4) is 0 Å². The van der Waals surface area contributed by atoms with E-state index < -0.39 is 5.92 Å². The highest BCUT2D eigenvalue weighted by molar-refractivity contribution is 6.02. The first-order chi connectivity index (χ1) is 14.5. The van der Waals surface area contributed by atoms with E-state index in [1.54, 1.807) is 21.1 Å². The van der Waals surface area contributed by atoms with Gasteiger partial charge in [0.25, 0.3) is 0 Å². The molecule has 0 saturated carbocycles. The Morgan fingerprint density at radius 1 is 1.00 bits per heavy atom. The molecule has 0 unspecified atom stereocenters. The molecule has 6 heteroatoms. The highest BCUT2D eigenvalue weighted by Gasteiger charge is 2.26. The highest BCUT2D eigenvalue weighted by Crippen LogP contribution is 2.46. The lowest BCUT2D eigenvalue weighted by molar-refractivity contribution is -0.148. The van der Waals surface area contributed by atoms with Crippen LogP contribution in [-0.4, -0.2) is 39.2 Å². The zero-order chi connectivity index (χ0) is 21.7. The fourth-order valence-corrected chi connectivity index (χ4v) is 3.62. The van der Waals surface area contributed by atoms with Crippen molar-refractivity contribution in [1.29, 1.82) is 0 Å². The first kappa shape index (κ1) is 21.7. The fraction of sp³-hybridized carbons (Fsp3) is 0.417. The Kier molecular flexibility index (Phi) is 6.98. The van der Waals surface area contributed by atoms with Crippen LogP contribution in [0.2, 0.25) is 0 Å². The summed E-state index contributed by atoms with van der Waals surface area (Å²) in [5, 5.41) is 0. The Morgan fingerprint density at radius 2 is 1.77 bits per heavy atom. The molecule has 30 heavy (non-hydrogen) atoms. The lowest BCUT2D eigenvalue weighted by atomic mass is 9.95. The van der Waals surface area contributed by atoms with Crippen LogP contribution in [0.1, 0.15) is 42.6 Å². The summed E-state index contributed by atoms with van der Waals surface area (Å²) in [5.41, 5.74) is 3.49. The third kappa shape index (κ3) is 4.27. The monoisotopic (exact) mass is 412 g/mol. The molecule has 6 nitrogen and oxygen atoms in total. The Hall–Kier alpha value is -3.02. The zero-order valence-corrected chi connectivity index (χ0v) is 17.9. The van der Waals surface area contributed by atoms with Gasteiger partial charge in [0.05, 0.1) is 26.7 Å². The largest absolute Gasteiger partial charge is 0.493 e. The van der Waals surface area contributed by atoms with Crippen LogP contribution >= 0.6 is 0 Å². The SMILES string of the molecule is CCCOC(=O)[C@H](C)COc1c(-c2cccc3c2CCC3=O)ccc(OC)c1OC. The van der Waals surface area contributed by atoms with E-state index in [1.165, 1.54) is 0 Å². The maximum absolute atomic E-state index is 12.2. The highest BCUT2D eigenvalue weighted by atomic mass is 16.5. The molecule has 1 aliphatic rings. The van der Waals surface area contributed by atoms with Crippen molar-refractivity contribution in [3.63, 3.8) is 0 Å². The number of benzene rings is 2. The Bertz CT molecular complexity index is 934. The summed E-state index contributed by atoms with van der Waals surface area (Å²) in [6, 6.07) is 9.43. The summed E-state index contributed by atoms with van der Waals surface area (Å²) in [4.78, 5) is 24.4. The minimum atomic E-state index is -0.441. The Balaban J connectivity index is 1.99. The number of fused-ring (bicyclic) bond motifs is 1. The van der Waals surface area contributed by atoms with Gasteiger partial charge in [-0.05, 0) is 43.0 Å². The summed E-state index contributed by atoms with van der Waals surface area (Å²) >= 11 is 0. The van der Waals surface area contributed by atoms with E-state index in [-0.39, 0.29) is 18.4 Å². The second-order valence-corrected chi connectivity index (χ2v) is 7.31. The average Bonchev–Trinajstić information content (AvgIpc) is 3.15. The lowest BCUT2D eigenvalue weighted by Crippen LogP contribution is -2.22. The molecule has 1 aliphatic carbocycles. The van der Waals surface area contributed by atoms with Crippen LogP contribution in [0.25, 0.3) is 11.1 Å². The van der Waals surface area contributed by atoms with E-state index in [0.717, 1.165) is 28.7 Å². The first-order valence-electron chi connectivity index (χ1n) is 10.2. The van der Waals surface area contributed by atoms with Crippen molar-refractivity contribution in [3.05, 3.63) is 41.5 Å². The number of hydrogen-bond donors (Lipinski definition) is 0. The predicted octanol–water partition coefficient (Wildman–Crippen LogP) is 4.47. The smallest absolute Gasteiger partial charge is 0.312 e. The minimum Gasteiger partial charge on any atom is -0.493 e. The Morgan fingerprint density at radius 3 is 2.47 bits per heavy atom. The summed E-state index contributed by atoms with van der Waals surface area (Å²) in [6.45, 7) is 4.24. The molecule has 0 radical (unpaired) electrons. The number of carbonyl (C=O) groups excluding carboxylic acids is 2. The molecule has 3 rings (SSSR count). The minimum absolute atomic E-state index is 0.132. The molecule has 0 aromatic heterocycles. The van der Waals surface area contributed by atoms with Gasteiger partial charge in [0.15, 0.2) is 17.3 Å².